The normalized spacial score (nSPS) is 33.2. The largest absolute Gasteiger partial charge is 0.392 e. The third-order valence-electron chi connectivity index (χ3n) is 2.42. The molecule has 0 aromatic heterocycles. The summed E-state index contributed by atoms with van der Waals surface area (Å²) in [7, 11) is 0. The molecule has 4 heteroatoms. The number of hydrogen-bond donors (Lipinski definition) is 3. The van der Waals surface area contributed by atoms with Gasteiger partial charge in [0.2, 0.25) is 0 Å². The lowest BCUT2D eigenvalue weighted by molar-refractivity contribution is -0.0228. The van der Waals surface area contributed by atoms with Gasteiger partial charge in [0.05, 0.1) is 18.3 Å². The van der Waals surface area contributed by atoms with E-state index in [0.29, 0.717) is 32.5 Å². The Bertz CT molecular complexity index is 144. The highest BCUT2D eigenvalue weighted by molar-refractivity contribution is 4.79. The Labute approximate surface area is 78.8 Å². The third kappa shape index (κ3) is 3.60. The van der Waals surface area contributed by atoms with Crippen LogP contribution in [0.4, 0.5) is 0 Å². The van der Waals surface area contributed by atoms with Gasteiger partial charge in [-0.1, -0.05) is 6.92 Å². The monoisotopic (exact) mass is 189 g/mol. The van der Waals surface area contributed by atoms with Gasteiger partial charge in [-0.05, 0) is 6.42 Å². The maximum Gasteiger partial charge on any atom is 0.0692 e. The summed E-state index contributed by atoms with van der Waals surface area (Å²) in [6, 6.07) is 0. The zero-order chi connectivity index (χ0) is 9.84. The summed E-state index contributed by atoms with van der Waals surface area (Å²) >= 11 is 0. The zero-order valence-corrected chi connectivity index (χ0v) is 8.06. The number of rotatable bonds is 3. The number of aliphatic hydroxyl groups excluding tert-OH is 3. The van der Waals surface area contributed by atoms with Gasteiger partial charge >= 0.3 is 0 Å². The van der Waals surface area contributed by atoms with E-state index < -0.39 is 12.2 Å². The van der Waals surface area contributed by atoms with Gasteiger partial charge in [0.15, 0.2) is 0 Å². The topological polar surface area (TPSA) is 63.9 Å². The Kier molecular flexibility index (Phi) is 4.12. The van der Waals surface area contributed by atoms with Crippen LogP contribution in [0.2, 0.25) is 0 Å². The number of likely N-dealkylation sites (tertiary alicyclic amines) is 1. The van der Waals surface area contributed by atoms with Crippen molar-refractivity contribution in [3.05, 3.63) is 0 Å². The van der Waals surface area contributed by atoms with Crippen molar-refractivity contribution in [3.8, 4) is 0 Å². The summed E-state index contributed by atoms with van der Waals surface area (Å²) in [5.74, 6) is 0. The molecule has 0 bridgehead atoms. The summed E-state index contributed by atoms with van der Waals surface area (Å²) in [6.45, 7) is 3.59. The average Bonchev–Trinajstić information content (AvgIpc) is 2.02. The minimum atomic E-state index is -0.451. The van der Waals surface area contributed by atoms with Crippen molar-refractivity contribution in [1.82, 2.24) is 4.90 Å². The molecule has 4 nitrogen and oxygen atoms in total. The fraction of sp³-hybridized carbons (Fsp3) is 1.00. The van der Waals surface area contributed by atoms with Crippen molar-refractivity contribution >= 4 is 0 Å². The lowest BCUT2D eigenvalue weighted by Crippen LogP contribution is -2.48. The first-order valence-electron chi connectivity index (χ1n) is 4.88. The molecule has 0 amide bonds. The Morgan fingerprint density at radius 3 is 2.31 bits per heavy atom. The fourth-order valence-electron chi connectivity index (χ4n) is 1.71. The van der Waals surface area contributed by atoms with E-state index in [2.05, 4.69) is 0 Å². The first kappa shape index (κ1) is 10.9. The van der Waals surface area contributed by atoms with Crippen LogP contribution in [-0.2, 0) is 0 Å². The van der Waals surface area contributed by atoms with Crippen molar-refractivity contribution in [2.75, 3.05) is 19.6 Å². The molecule has 1 saturated heterocycles. The smallest absolute Gasteiger partial charge is 0.0692 e. The zero-order valence-electron chi connectivity index (χ0n) is 8.06. The number of aliphatic hydroxyl groups is 3. The third-order valence-corrected chi connectivity index (χ3v) is 2.42. The van der Waals surface area contributed by atoms with E-state index in [0.717, 1.165) is 0 Å². The summed E-state index contributed by atoms with van der Waals surface area (Å²) in [5, 5.41) is 28.1. The van der Waals surface area contributed by atoms with Crippen LogP contribution < -0.4 is 0 Å². The van der Waals surface area contributed by atoms with E-state index in [9.17, 15) is 15.3 Å². The second-order valence-corrected chi connectivity index (χ2v) is 3.82. The highest BCUT2D eigenvalue weighted by Gasteiger charge is 2.25. The molecule has 1 fully saturated rings. The van der Waals surface area contributed by atoms with Crippen LogP contribution in [-0.4, -0.2) is 58.2 Å². The summed E-state index contributed by atoms with van der Waals surface area (Å²) < 4.78 is 0. The van der Waals surface area contributed by atoms with Crippen LogP contribution in [0.15, 0.2) is 0 Å². The quantitative estimate of drug-likeness (QED) is 0.543. The van der Waals surface area contributed by atoms with Gasteiger partial charge in [-0.15, -0.1) is 0 Å². The summed E-state index contributed by atoms with van der Waals surface area (Å²) in [4.78, 5) is 1.91. The van der Waals surface area contributed by atoms with Crippen molar-refractivity contribution in [2.24, 2.45) is 0 Å². The first-order valence-corrected chi connectivity index (χ1v) is 4.88. The molecule has 0 aromatic carbocycles. The molecule has 1 unspecified atom stereocenters. The molecular weight excluding hydrogens is 170 g/mol. The molecule has 3 N–H and O–H groups in total. The Balaban J connectivity index is 2.32. The number of piperidine rings is 1. The highest BCUT2D eigenvalue weighted by Crippen LogP contribution is 2.11. The average molecular weight is 189 g/mol. The van der Waals surface area contributed by atoms with E-state index in [1.54, 1.807) is 0 Å². The molecule has 1 aliphatic heterocycles. The minimum absolute atomic E-state index is 0.350. The molecule has 78 valence electrons. The summed E-state index contributed by atoms with van der Waals surface area (Å²) in [6.07, 6.45) is -0.0837. The van der Waals surface area contributed by atoms with Crippen LogP contribution >= 0.6 is 0 Å². The van der Waals surface area contributed by atoms with Crippen LogP contribution in [0.25, 0.3) is 0 Å². The number of β-amino-alcohol motifs (C(OH)–C–C–N with tert-alkyl or cyclic N) is 3. The van der Waals surface area contributed by atoms with E-state index >= 15 is 0 Å². The molecule has 1 rings (SSSR count). The standard InChI is InChI=1S/C9H19NO3/c1-2-7(11)4-10-5-8(12)3-9(13)6-10/h7-9,11-13H,2-6H2,1H3/t7?,8-,9+. The van der Waals surface area contributed by atoms with Gasteiger partial charge in [-0.25, -0.2) is 0 Å². The maximum atomic E-state index is 9.38. The summed E-state index contributed by atoms with van der Waals surface area (Å²) in [5.41, 5.74) is 0. The second kappa shape index (κ2) is 4.91. The van der Waals surface area contributed by atoms with Gasteiger partial charge in [-0.2, -0.15) is 0 Å². The molecule has 0 radical (unpaired) electrons. The van der Waals surface area contributed by atoms with E-state index in [1.807, 2.05) is 11.8 Å². The minimum Gasteiger partial charge on any atom is -0.392 e. The number of nitrogens with zero attached hydrogens (tertiary/aromatic N) is 1. The van der Waals surface area contributed by atoms with Gasteiger partial charge in [0, 0.05) is 26.1 Å². The molecule has 0 aromatic rings. The van der Waals surface area contributed by atoms with E-state index in [4.69, 9.17) is 0 Å². The van der Waals surface area contributed by atoms with E-state index in [-0.39, 0.29) is 6.10 Å². The van der Waals surface area contributed by atoms with Crippen molar-refractivity contribution < 1.29 is 15.3 Å². The van der Waals surface area contributed by atoms with Crippen molar-refractivity contribution in [1.29, 1.82) is 0 Å². The van der Waals surface area contributed by atoms with Crippen LogP contribution in [0.3, 0.4) is 0 Å². The first-order chi connectivity index (χ1) is 6.11. The lowest BCUT2D eigenvalue weighted by Gasteiger charge is -2.34. The number of hydrogen-bond acceptors (Lipinski definition) is 4. The highest BCUT2D eigenvalue weighted by atomic mass is 16.3. The molecule has 1 aliphatic rings. The molecule has 1 heterocycles. The predicted molar refractivity (Wildman–Crippen MR) is 49.4 cm³/mol. The van der Waals surface area contributed by atoms with Crippen molar-refractivity contribution in [2.45, 2.75) is 38.1 Å². The van der Waals surface area contributed by atoms with Gasteiger partial charge in [0.25, 0.3) is 0 Å². The fourth-order valence-corrected chi connectivity index (χ4v) is 1.71. The Morgan fingerprint density at radius 2 is 1.85 bits per heavy atom. The molecular formula is C9H19NO3. The van der Waals surface area contributed by atoms with Crippen LogP contribution in [0, 0.1) is 0 Å². The second-order valence-electron chi connectivity index (χ2n) is 3.82. The van der Waals surface area contributed by atoms with Crippen LogP contribution in [0.5, 0.6) is 0 Å². The maximum absolute atomic E-state index is 9.38. The lowest BCUT2D eigenvalue weighted by atomic mass is 10.1. The Hall–Kier alpha value is -0.160. The SMILES string of the molecule is CCC(O)CN1C[C@H](O)C[C@H](O)C1. The Morgan fingerprint density at radius 1 is 1.31 bits per heavy atom. The van der Waals surface area contributed by atoms with Gasteiger partial charge in [-0.3, -0.25) is 4.90 Å². The molecule has 3 atom stereocenters. The van der Waals surface area contributed by atoms with Crippen molar-refractivity contribution in [3.63, 3.8) is 0 Å². The van der Waals surface area contributed by atoms with Crippen LogP contribution in [0.1, 0.15) is 19.8 Å². The van der Waals surface area contributed by atoms with E-state index in [1.165, 1.54) is 0 Å². The van der Waals surface area contributed by atoms with Gasteiger partial charge in [0.1, 0.15) is 0 Å². The predicted octanol–water partition coefficient (Wildman–Crippen LogP) is -0.815. The molecule has 13 heavy (non-hydrogen) atoms. The van der Waals surface area contributed by atoms with Gasteiger partial charge < -0.3 is 15.3 Å². The molecule has 0 saturated carbocycles. The molecule has 0 spiro atoms. The molecule has 0 aliphatic carbocycles.